The summed E-state index contributed by atoms with van der Waals surface area (Å²) >= 11 is 0. The van der Waals surface area contributed by atoms with E-state index in [1.54, 1.807) is 0 Å². The van der Waals surface area contributed by atoms with Crippen LogP contribution in [0.4, 0.5) is 0 Å². The Bertz CT molecular complexity index is 1100. The van der Waals surface area contributed by atoms with Gasteiger partial charge in [-0.05, 0) is 30.5 Å². The van der Waals surface area contributed by atoms with Gasteiger partial charge >= 0.3 is 0 Å². The molecule has 0 aromatic heterocycles. The third kappa shape index (κ3) is 4.29. The summed E-state index contributed by atoms with van der Waals surface area (Å²) in [5.74, 6) is -0.471. The van der Waals surface area contributed by atoms with Crippen molar-refractivity contribution < 1.29 is 9.59 Å². The summed E-state index contributed by atoms with van der Waals surface area (Å²) in [5, 5.41) is 0. The summed E-state index contributed by atoms with van der Waals surface area (Å²) in [4.78, 5) is 30.5. The van der Waals surface area contributed by atoms with Gasteiger partial charge < -0.3 is 4.90 Å². The highest BCUT2D eigenvalue weighted by Crippen LogP contribution is 2.33. The van der Waals surface area contributed by atoms with E-state index < -0.39 is 0 Å². The van der Waals surface area contributed by atoms with Gasteiger partial charge in [0.1, 0.15) is 5.70 Å². The average molecular weight is 411 g/mol. The highest BCUT2D eigenvalue weighted by Gasteiger charge is 2.41. The van der Waals surface area contributed by atoms with E-state index in [9.17, 15) is 9.59 Å². The second-order valence-corrected chi connectivity index (χ2v) is 7.77. The molecule has 3 aromatic carbocycles. The van der Waals surface area contributed by atoms with Gasteiger partial charge in [0.2, 0.25) is 0 Å². The van der Waals surface area contributed by atoms with Crippen LogP contribution in [0, 0.1) is 6.92 Å². The van der Waals surface area contributed by atoms with Crippen molar-refractivity contribution in [3.8, 4) is 0 Å². The topological polar surface area (TPSA) is 40.6 Å². The van der Waals surface area contributed by atoms with Crippen molar-refractivity contribution in [3.05, 3.63) is 113 Å². The molecule has 0 spiro atoms. The smallest absolute Gasteiger partial charge is 0.278 e. The van der Waals surface area contributed by atoms with Crippen LogP contribution in [-0.2, 0) is 22.7 Å². The normalized spacial score (nSPS) is 13.8. The molecule has 1 heterocycles. The molecule has 1 aliphatic rings. The molecule has 156 valence electrons. The Hall–Kier alpha value is -3.66. The average Bonchev–Trinajstić information content (AvgIpc) is 3.04. The fraction of sp³-hybridized carbons (Fsp3) is 0.185. The van der Waals surface area contributed by atoms with Gasteiger partial charge in [-0.15, -0.1) is 0 Å². The Morgan fingerprint density at radius 2 is 1.32 bits per heavy atom. The maximum atomic E-state index is 13.6. The minimum atomic E-state index is -0.237. The van der Waals surface area contributed by atoms with Crippen LogP contribution in [0.25, 0.3) is 5.57 Å². The number of hydrogen-bond donors (Lipinski definition) is 0. The van der Waals surface area contributed by atoms with Gasteiger partial charge in [-0.25, -0.2) is 0 Å². The fourth-order valence-corrected chi connectivity index (χ4v) is 3.90. The maximum Gasteiger partial charge on any atom is 0.278 e. The second-order valence-electron chi connectivity index (χ2n) is 7.77. The lowest BCUT2D eigenvalue weighted by molar-refractivity contribution is -0.138. The first-order valence-corrected chi connectivity index (χ1v) is 10.6. The molecular weight excluding hydrogens is 384 g/mol. The van der Waals surface area contributed by atoms with Crippen LogP contribution in [0.3, 0.4) is 0 Å². The summed E-state index contributed by atoms with van der Waals surface area (Å²) in [6, 6.07) is 27.5. The molecule has 1 aliphatic heterocycles. The Kier molecular flexibility index (Phi) is 5.99. The minimum Gasteiger partial charge on any atom is -0.362 e. The summed E-state index contributed by atoms with van der Waals surface area (Å²) in [6.45, 7) is 5.48. The zero-order valence-corrected chi connectivity index (χ0v) is 17.9. The third-order valence-corrected chi connectivity index (χ3v) is 5.58. The molecule has 0 bridgehead atoms. The molecule has 4 rings (SSSR count). The molecule has 0 radical (unpaired) electrons. The van der Waals surface area contributed by atoms with Gasteiger partial charge in [0.15, 0.2) is 0 Å². The number of carbonyl (C=O) groups is 2. The van der Waals surface area contributed by atoms with Gasteiger partial charge in [0.25, 0.3) is 11.8 Å². The van der Waals surface area contributed by atoms with E-state index in [0.717, 1.165) is 22.3 Å². The fourth-order valence-electron chi connectivity index (χ4n) is 3.90. The van der Waals surface area contributed by atoms with Gasteiger partial charge in [0, 0.05) is 13.1 Å². The van der Waals surface area contributed by atoms with Crippen LogP contribution in [0.2, 0.25) is 0 Å². The van der Waals surface area contributed by atoms with Crippen molar-refractivity contribution in [2.75, 3.05) is 6.54 Å². The number of hydrogen-bond acceptors (Lipinski definition) is 3. The Labute approximate surface area is 183 Å². The predicted octanol–water partition coefficient (Wildman–Crippen LogP) is 4.80. The standard InChI is InChI=1S/C27H26N2O2/c1-3-28(18-21-10-6-4-7-11-21)25-24(23-16-14-20(2)15-17-23)26(30)29(27(25)31)19-22-12-8-5-9-13-22/h4-17H,3,18-19H2,1-2H3. The molecule has 0 atom stereocenters. The number of rotatable bonds is 7. The first kappa shape index (κ1) is 20.6. The molecule has 31 heavy (non-hydrogen) atoms. The van der Waals surface area contributed by atoms with Gasteiger partial charge in [0.05, 0.1) is 12.1 Å². The first-order chi connectivity index (χ1) is 15.1. The summed E-state index contributed by atoms with van der Waals surface area (Å²) in [6.07, 6.45) is 0. The number of amides is 2. The van der Waals surface area contributed by atoms with Crippen LogP contribution in [0.5, 0.6) is 0 Å². The summed E-state index contributed by atoms with van der Waals surface area (Å²) in [5.41, 5.74) is 4.89. The van der Waals surface area contributed by atoms with Crippen molar-refractivity contribution >= 4 is 17.4 Å². The van der Waals surface area contributed by atoms with Crippen molar-refractivity contribution in [2.45, 2.75) is 26.9 Å². The predicted molar refractivity (Wildman–Crippen MR) is 123 cm³/mol. The first-order valence-electron chi connectivity index (χ1n) is 10.6. The lowest BCUT2D eigenvalue weighted by Gasteiger charge is -2.25. The van der Waals surface area contributed by atoms with Crippen molar-refractivity contribution in [3.63, 3.8) is 0 Å². The maximum absolute atomic E-state index is 13.6. The van der Waals surface area contributed by atoms with Crippen LogP contribution in [0.1, 0.15) is 29.2 Å². The Morgan fingerprint density at radius 1 is 0.742 bits per heavy atom. The van der Waals surface area contributed by atoms with Crippen molar-refractivity contribution in [1.29, 1.82) is 0 Å². The zero-order chi connectivity index (χ0) is 21.8. The summed E-state index contributed by atoms with van der Waals surface area (Å²) < 4.78 is 0. The number of imide groups is 1. The molecule has 4 heteroatoms. The zero-order valence-electron chi connectivity index (χ0n) is 17.9. The number of nitrogens with zero attached hydrogens (tertiary/aromatic N) is 2. The lowest BCUT2D eigenvalue weighted by Crippen LogP contribution is -2.34. The molecule has 0 unspecified atom stereocenters. The molecule has 0 N–H and O–H groups in total. The van der Waals surface area contributed by atoms with E-state index in [1.165, 1.54) is 4.90 Å². The highest BCUT2D eigenvalue weighted by molar-refractivity contribution is 6.35. The molecular formula is C27H26N2O2. The van der Waals surface area contributed by atoms with Crippen LogP contribution in [-0.4, -0.2) is 28.2 Å². The Morgan fingerprint density at radius 3 is 1.90 bits per heavy atom. The molecule has 3 aromatic rings. The van der Waals surface area contributed by atoms with Crippen molar-refractivity contribution in [2.24, 2.45) is 0 Å². The van der Waals surface area contributed by atoms with Gasteiger partial charge in [-0.3, -0.25) is 14.5 Å². The van der Waals surface area contributed by atoms with Crippen molar-refractivity contribution in [1.82, 2.24) is 9.80 Å². The molecule has 0 aliphatic carbocycles. The third-order valence-electron chi connectivity index (χ3n) is 5.58. The van der Waals surface area contributed by atoms with E-state index in [0.29, 0.717) is 24.4 Å². The van der Waals surface area contributed by atoms with Gasteiger partial charge in [-0.2, -0.15) is 0 Å². The SMILES string of the molecule is CCN(Cc1ccccc1)C1=C(c2ccc(C)cc2)C(=O)N(Cc2ccccc2)C1=O. The molecule has 0 saturated heterocycles. The molecule has 0 fully saturated rings. The molecule has 4 nitrogen and oxygen atoms in total. The largest absolute Gasteiger partial charge is 0.362 e. The van der Waals surface area contributed by atoms with E-state index in [1.807, 2.05) is 104 Å². The van der Waals surface area contributed by atoms with E-state index in [-0.39, 0.29) is 18.4 Å². The summed E-state index contributed by atoms with van der Waals surface area (Å²) in [7, 11) is 0. The number of aryl methyl sites for hydroxylation is 1. The minimum absolute atomic E-state index is 0.234. The van der Waals surface area contributed by atoms with Crippen LogP contribution < -0.4 is 0 Å². The van der Waals surface area contributed by atoms with E-state index in [4.69, 9.17) is 0 Å². The number of likely N-dealkylation sites (N-methyl/N-ethyl adjacent to an activating group) is 1. The van der Waals surface area contributed by atoms with E-state index >= 15 is 0 Å². The molecule has 0 saturated carbocycles. The van der Waals surface area contributed by atoms with Gasteiger partial charge in [-0.1, -0.05) is 90.5 Å². The number of carbonyl (C=O) groups excluding carboxylic acids is 2. The lowest BCUT2D eigenvalue weighted by atomic mass is 10.0. The highest BCUT2D eigenvalue weighted by atomic mass is 16.2. The second kappa shape index (κ2) is 9.00. The Balaban J connectivity index is 1.76. The monoisotopic (exact) mass is 410 g/mol. The van der Waals surface area contributed by atoms with Crippen LogP contribution >= 0.6 is 0 Å². The quantitative estimate of drug-likeness (QED) is 0.526. The van der Waals surface area contributed by atoms with Crippen LogP contribution in [0.15, 0.2) is 90.6 Å². The van der Waals surface area contributed by atoms with E-state index in [2.05, 4.69) is 0 Å². The molecule has 2 amide bonds. The number of benzene rings is 3.